The summed E-state index contributed by atoms with van der Waals surface area (Å²) in [7, 11) is 0. The fourth-order valence-corrected chi connectivity index (χ4v) is 1.12. The Hall–Kier alpha value is -0.600. The molecule has 0 radical (unpaired) electrons. The molecule has 0 aliphatic rings. The lowest BCUT2D eigenvalue weighted by molar-refractivity contribution is 0.203. The van der Waals surface area contributed by atoms with Gasteiger partial charge in [0.15, 0.2) is 0 Å². The van der Waals surface area contributed by atoms with E-state index in [0.717, 1.165) is 0 Å². The third kappa shape index (κ3) is 1.96. The Bertz CT molecular complexity index is 273. The van der Waals surface area contributed by atoms with Crippen LogP contribution >= 0.6 is 11.6 Å². The number of hydrogen-bond donors (Lipinski definition) is 1. The van der Waals surface area contributed by atoms with E-state index in [1.54, 1.807) is 24.3 Å². The molecule has 1 aromatic carbocycles. The van der Waals surface area contributed by atoms with Crippen LogP contribution in [0, 0.1) is 0 Å². The van der Waals surface area contributed by atoms with Crippen molar-refractivity contribution in [2.45, 2.75) is 12.6 Å². The van der Waals surface area contributed by atoms with E-state index in [1.807, 2.05) is 0 Å². The molecule has 1 rings (SSSR count). The normalized spacial score (nSPS) is 15.7. The van der Waals surface area contributed by atoms with E-state index in [1.165, 1.54) is 6.92 Å². The quantitative estimate of drug-likeness (QED) is 0.757. The van der Waals surface area contributed by atoms with Gasteiger partial charge in [-0.05, 0) is 24.6 Å². The van der Waals surface area contributed by atoms with Gasteiger partial charge >= 0.3 is 0 Å². The van der Waals surface area contributed by atoms with Crippen molar-refractivity contribution < 1.29 is 4.39 Å². The molecule has 0 aliphatic heterocycles. The van der Waals surface area contributed by atoms with Crippen LogP contribution in [0.1, 0.15) is 12.5 Å². The van der Waals surface area contributed by atoms with Crippen molar-refractivity contribution in [1.29, 1.82) is 0 Å². The Balaban J connectivity index is 3.03. The smallest absolute Gasteiger partial charge is 0.145 e. The summed E-state index contributed by atoms with van der Waals surface area (Å²) >= 11 is 5.70. The molecule has 0 saturated carbocycles. The van der Waals surface area contributed by atoms with Gasteiger partial charge in [0.05, 0.1) is 0 Å². The van der Waals surface area contributed by atoms with Gasteiger partial charge in [-0.25, -0.2) is 4.39 Å². The molecular weight excluding hydrogens is 177 g/mol. The van der Waals surface area contributed by atoms with Gasteiger partial charge in [-0.2, -0.15) is 0 Å². The Morgan fingerprint density at radius 1 is 1.58 bits per heavy atom. The van der Waals surface area contributed by atoms with Gasteiger partial charge in [0.1, 0.15) is 5.67 Å². The minimum Gasteiger partial charge on any atom is -0.327 e. The summed E-state index contributed by atoms with van der Waals surface area (Å²) in [6.45, 7) is 1.41. The van der Waals surface area contributed by atoms with E-state index < -0.39 is 5.67 Å². The summed E-state index contributed by atoms with van der Waals surface area (Å²) in [5.41, 5.74) is 4.31. The summed E-state index contributed by atoms with van der Waals surface area (Å²) in [4.78, 5) is 0. The van der Waals surface area contributed by atoms with Crippen LogP contribution in [0.25, 0.3) is 0 Å². The van der Waals surface area contributed by atoms with Gasteiger partial charge in [0.25, 0.3) is 0 Å². The minimum absolute atomic E-state index is 0.0344. The predicted octanol–water partition coefficient (Wildman–Crippen LogP) is 2.48. The highest BCUT2D eigenvalue weighted by Crippen LogP contribution is 2.25. The van der Waals surface area contributed by atoms with E-state index >= 15 is 0 Å². The van der Waals surface area contributed by atoms with Crippen molar-refractivity contribution in [1.82, 2.24) is 0 Å². The molecule has 1 unspecified atom stereocenters. The molecular formula is C9H11ClFN. The van der Waals surface area contributed by atoms with Gasteiger partial charge in [0, 0.05) is 11.6 Å². The second-order valence-corrected chi connectivity index (χ2v) is 3.35. The summed E-state index contributed by atoms with van der Waals surface area (Å²) in [6, 6.07) is 6.69. The predicted molar refractivity (Wildman–Crippen MR) is 49.0 cm³/mol. The zero-order chi connectivity index (χ0) is 9.19. The first-order valence-corrected chi connectivity index (χ1v) is 4.09. The zero-order valence-electron chi connectivity index (χ0n) is 6.85. The van der Waals surface area contributed by atoms with Crippen LogP contribution in [0.4, 0.5) is 4.39 Å². The molecule has 2 N–H and O–H groups in total. The van der Waals surface area contributed by atoms with Crippen molar-refractivity contribution in [2.75, 3.05) is 6.54 Å². The number of rotatable bonds is 2. The largest absolute Gasteiger partial charge is 0.327 e. The molecule has 3 heteroatoms. The van der Waals surface area contributed by atoms with Gasteiger partial charge < -0.3 is 5.73 Å². The third-order valence-corrected chi connectivity index (χ3v) is 2.04. The third-order valence-electron chi connectivity index (χ3n) is 1.81. The van der Waals surface area contributed by atoms with Crippen molar-refractivity contribution in [3.63, 3.8) is 0 Å². The number of halogens is 2. The fraction of sp³-hybridized carbons (Fsp3) is 0.333. The average Bonchev–Trinajstić information content (AvgIpc) is 2.05. The molecule has 1 nitrogen and oxygen atoms in total. The van der Waals surface area contributed by atoms with Gasteiger partial charge in [-0.1, -0.05) is 23.7 Å². The highest BCUT2D eigenvalue weighted by atomic mass is 35.5. The van der Waals surface area contributed by atoms with Gasteiger partial charge in [-0.3, -0.25) is 0 Å². The molecule has 0 saturated heterocycles. The van der Waals surface area contributed by atoms with Crippen LogP contribution in [0.5, 0.6) is 0 Å². The molecule has 66 valence electrons. The Morgan fingerprint density at radius 2 is 2.25 bits per heavy atom. The van der Waals surface area contributed by atoms with Gasteiger partial charge in [-0.15, -0.1) is 0 Å². The summed E-state index contributed by atoms with van der Waals surface area (Å²) < 4.78 is 13.5. The number of hydrogen-bond acceptors (Lipinski definition) is 1. The maximum atomic E-state index is 13.5. The molecule has 0 spiro atoms. The van der Waals surface area contributed by atoms with Crippen molar-refractivity contribution in [3.8, 4) is 0 Å². The number of alkyl halides is 1. The molecule has 0 amide bonds. The maximum Gasteiger partial charge on any atom is 0.145 e. The summed E-state index contributed by atoms with van der Waals surface area (Å²) in [5.74, 6) is 0. The van der Waals surface area contributed by atoms with Gasteiger partial charge in [0.2, 0.25) is 0 Å². The Labute approximate surface area is 76.3 Å². The Kier molecular flexibility index (Phi) is 2.70. The van der Waals surface area contributed by atoms with E-state index in [-0.39, 0.29) is 6.54 Å². The van der Waals surface area contributed by atoms with E-state index in [2.05, 4.69) is 0 Å². The second kappa shape index (κ2) is 3.42. The van der Waals surface area contributed by atoms with Crippen LogP contribution in [0.2, 0.25) is 5.02 Å². The van der Waals surface area contributed by atoms with Crippen LogP contribution in [-0.4, -0.2) is 6.54 Å². The van der Waals surface area contributed by atoms with Crippen LogP contribution in [0.15, 0.2) is 24.3 Å². The molecule has 1 aromatic rings. The first kappa shape index (κ1) is 9.49. The fourth-order valence-electron chi connectivity index (χ4n) is 0.931. The molecule has 0 aromatic heterocycles. The monoisotopic (exact) mass is 187 g/mol. The molecule has 0 bridgehead atoms. The van der Waals surface area contributed by atoms with E-state index in [9.17, 15) is 4.39 Å². The first-order chi connectivity index (χ1) is 5.56. The van der Waals surface area contributed by atoms with E-state index in [0.29, 0.717) is 10.6 Å². The standard InChI is InChI=1S/C9H11ClFN/c1-9(11,6-12)7-3-2-4-8(10)5-7/h2-5H,6,12H2,1H3. The summed E-state index contributed by atoms with van der Waals surface area (Å²) in [6.07, 6.45) is 0. The number of nitrogens with two attached hydrogens (primary N) is 1. The Morgan fingerprint density at radius 3 is 2.75 bits per heavy atom. The van der Waals surface area contributed by atoms with Crippen LogP contribution in [0.3, 0.4) is 0 Å². The molecule has 12 heavy (non-hydrogen) atoms. The molecule has 0 heterocycles. The van der Waals surface area contributed by atoms with Crippen molar-refractivity contribution >= 4 is 11.6 Å². The highest BCUT2D eigenvalue weighted by Gasteiger charge is 2.23. The van der Waals surface area contributed by atoms with Crippen LogP contribution < -0.4 is 5.73 Å². The average molecular weight is 188 g/mol. The lowest BCUT2D eigenvalue weighted by Crippen LogP contribution is -2.26. The zero-order valence-corrected chi connectivity index (χ0v) is 7.61. The molecule has 0 aliphatic carbocycles. The minimum atomic E-state index is -1.48. The van der Waals surface area contributed by atoms with Crippen molar-refractivity contribution in [3.05, 3.63) is 34.9 Å². The molecule has 0 fully saturated rings. The maximum absolute atomic E-state index is 13.5. The summed E-state index contributed by atoms with van der Waals surface area (Å²) in [5, 5.41) is 0.532. The van der Waals surface area contributed by atoms with Crippen molar-refractivity contribution in [2.24, 2.45) is 5.73 Å². The lowest BCUT2D eigenvalue weighted by Gasteiger charge is -2.18. The first-order valence-electron chi connectivity index (χ1n) is 3.71. The second-order valence-electron chi connectivity index (χ2n) is 2.91. The number of benzene rings is 1. The lowest BCUT2D eigenvalue weighted by atomic mass is 9.98. The van der Waals surface area contributed by atoms with Crippen LogP contribution in [-0.2, 0) is 5.67 Å². The SMILES string of the molecule is CC(F)(CN)c1cccc(Cl)c1. The van der Waals surface area contributed by atoms with E-state index in [4.69, 9.17) is 17.3 Å². The topological polar surface area (TPSA) is 26.0 Å². The highest BCUT2D eigenvalue weighted by molar-refractivity contribution is 6.30. The molecule has 1 atom stereocenters.